The molecule has 3 rings (SSSR count). The SMILES string of the molecule is NS(=O)(=O)c1cccc(-c2coc3cc(Cl)cnc23)c1. The Balaban J connectivity index is 2.21. The van der Waals surface area contributed by atoms with Crippen molar-refractivity contribution in [3.8, 4) is 11.1 Å². The van der Waals surface area contributed by atoms with E-state index < -0.39 is 10.0 Å². The summed E-state index contributed by atoms with van der Waals surface area (Å²) in [6.45, 7) is 0. The second kappa shape index (κ2) is 4.59. The van der Waals surface area contributed by atoms with Gasteiger partial charge in [0.2, 0.25) is 10.0 Å². The number of nitrogens with zero attached hydrogens (tertiary/aromatic N) is 1. The largest absolute Gasteiger partial charge is 0.462 e. The predicted molar refractivity (Wildman–Crippen MR) is 75.8 cm³/mol. The molecule has 5 nitrogen and oxygen atoms in total. The summed E-state index contributed by atoms with van der Waals surface area (Å²) in [7, 11) is -3.75. The summed E-state index contributed by atoms with van der Waals surface area (Å²) in [5, 5.41) is 5.60. The third kappa shape index (κ3) is 2.29. The third-order valence-corrected chi connectivity index (χ3v) is 3.97. The van der Waals surface area contributed by atoms with Crippen LogP contribution >= 0.6 is 11.6 Å². The number of halogens is 1. The molecule has 1 aromatic carbocycles. The first-order valence-corrected chi connectivity index (χ1v) is 7.53. The molecule has 0 saturated carbocycles. The van der Waals surface area contributed by atoms with E-state index in [9.17, 15) is 8.42 Å². The molecular formula is C13H9ClN2O3S. The van der Waals surface area contributed by atoms with Crippen molar-refractivity contribution in [1.82, 2.24) is 4.98 Å². The topological polar surface area (TPSA) is 86.2 Å². The first-order valence-electron chi connectivity index (χ1n) is 5.61. The number of fused-ring (bicyclic) bond motifs is 1. The van der Waals surface area contributed by atoms with Crippen LogP contribution in [-0.2, 0) is 10.0 Å². The lowest BCUT2D eigenvalue weighted by atomic mass is 10.1. The van der Waals surface area contributed by atoms with Gasteiger partial charge in [-0.15, -0.1) is 0 Å². The standard InChI is InChI=1S/C13H9ClN2O3S/c14-9-5-12-13(16-6-9)11(7-19-12)8-2-1-3-10(4-8)20(15,17)18/h1-7H,(H2,15,17,18). The van der Waals surface area contributed by atoms with Gasteiger partial charge < -0.3 is 4.42 Å². The fraction of sp³-hybridized carbons (Fsp3) is 0. The smallest absolute Gasteiger partial charge is 0.238 e. The average molecular weight is 309 g/mol. The Morgan fingerprint density at radius 2 is 2.05 bits per heavy atom. The van der Waals surface area contributed by atoms with Gasteiger partial charge in [0, 0.05) is 17.8 Å². The van der Waals surface area contributed by atoms with Crippen LogP contribution in [0.2, 0.25) is 5.02 Å². The van der Waals surface area contributed by atoms with Crippen molar-refractivity contribution in [2.75, 3.05) is 0 Å². The van der Waals surface area contributed by atoms with Crippen LogP contribution in [-0.4, -0.2) is 13.4 Å². The zero-order chi connectivity index (χ0) is 14.3. The van der Waals surface area contributed by atoms with E-state index in [1.54, 1.807) is 18.2 Å². The summed E-state index contributed by atoms with van der Waals surface area (Å²) in [5.41, 5.74) is 2.49. The maximum atomic E-state index is 11.4. The molecule has 0 bridgehead atoms. The number of hydrogen-bond acceptors (Lipinski definition) is 4. The Bertz CT molecular complexity index is 903. The minimum Gasteiger partial charge on any atom is -0.462 e. The molecule has 2 aromatic heterocycles. The van der Waals surface area contributed by atoms with Gasteiger partial charge in [-0.1, -0.05) is 23.7 Å². The number of furan rings is 1. The lowest BCUT2D eigenvalue weighted by Crippen LogP contribution is -2.11. The highest BCUT2D eigenvalue weighted by molar-refractivity contribution is 7.89. The van der Waals surface area contributed by atoms with Crippen molar-refractivity contribution >= 4 is 32.7 Å². The molecule has 102 valence electrons. The summed E-state index contributed by atoms with van der Waals surface area (Å²) in [5.74, 6) is 0. The van der Waals surface area contributed by atoms with Gasteiger partial charge in [-0.3, -0.25) is 4.98 Å². The van der Waals surface area contributed by atoms with Crippen LogP contribution < -0.4 is 5.14 Å². The Kier molecular flexibility index (Phi) is 3.01. The second-order valence-corrected chi connectivity index (χ2v) is 6.22. The Labute approximate surface area is 120 Å². The summed E-state index contributed by atoms with van der Waals surface area (Å²) >= 11 is 5.84. The van der Waals surface area contributed by atoms with E-state index in [0.29, 0.717) is 27.2 Å². The molecule has 20 heavy (non-hydrogen) atoms. The lowest BCUT2D eigenvalue weighted by molar-refractivity contribution is 0.597. The van der Waals surface area contributed by atoms with Gasteiger partial charge in [0.25, 0.3) is 0 Å². The van der Waals surface area contributed by atoms with Gasteiger partial charge in [0.1, 0.15) is 11.8 Å². The molecule has 2 heterocycles. The number of primary sulfonamides is 1. The monoisotopic (exact) mass is 308 g/mol. The summed E-state index contributed by atoms with van der Waals surface area (Å²) < 4.78 is 28.2. The molecule has 0 amide bonds. The van der Waals surface area contributed by atoms with Crippen molar-refractivity contribution in [3.05, 3.63) is 47.8 Å². The summed E-state index contributed by atoms with van der Waals surface area (Å²) in [4.78, 5) is 4.24. The Hall–Kier alpha value is -1.89. The maximum Gasteiger partial charge on any atom is 0.238 e. The molecule has 7 heteroatoms. The highest BCUT2D eigenvalue weighted by Crippen LogP contribution is 2.31. The molecule has 2 N–H and O–H groups in total. The lowest BCUT2D eigenvalue weighted by Gasteiger charge is -2.02. The van der Waals surface area contributed by atoms with Crippen molar-refractivity contribution < 1.29 is 12.8 Å². The van der Waals surface area contributed by atoms with Crippen LogP contribution in [0, 0.1) is 0 Å². The molecule has 0 aliphatic carbocycles. The molecule has 0 spiro atoms. The Morgan fingerprint density at radius 3 is 2.80 bits per heavy atom. The predicted octanol–water partition coefficient (Wildman–Crippen LogP) is 2.80. The van der Waals surface area contributed by atoms with Crippen LogP contribution in [0.25, 0.3) is 22.2 Å². The molecule has 0 saturated heterocycles. The number of pyridine rings is 1. The fourth-order valence-electron chi connectivity index (χ4n) is 1.94. The van der Waals surface area contributed by atoms with Crippen molar-refractivity contribution in [2.45, 2.75) is 4.90 Å². The van der Waals surface area contributed by atoms with E-state index in [-0.39, 0.29) is 4.90 Å². The van der Waals surface area contributed by atoms with Crippen LogP contribution in [0.15, 0.2) is 52.1 Å². The minimum absolute atomic E-state index is 0.0401. The number of sulfonamides is 1. The second-order valence-electron chi connectivity index (χ2n) is 4.22. The van der Waals surface area contributed by atoms with E-state index in [0.717, 1.165) is 0 Å². The zero-order valence-electron chi connectivity index (χ0n) is 10.1. The van der Waals surface area contributed by atoms with Crippen molar-refractivity contribution in [2.24, 2.45) is 5.14 Å². The van der Waals surface area contributed by atoms with E-state index in [4.69, 9.17) is 21.2 Å². The molecule has 3 aromatic rings. The van der Waals surface area contributed by atoms with E-state index >= 15 is 0 Å². The van der Waals surface area contributed by atoms with Gasteiger partial charge in [-0.05, 0) is 17.7 Å². The van der Waals surface area contributed by atoms with Crippen molar-refractivity contribution in [3.63, 3.8) is 0 Å². The summed E-state index contributed by atoms with van der Waals surface area (Å²) in [6, 6.07) is 7.94. The summed E-state index contributed by atoms with van der Waals surface area (Å²) in [6.07, 6.45) is 3.02. The van der Waals surface area contributed by atoms with E-state index in [1.165, 1.54) is 24.6 Å². The highest BCUT2D eigenvalue weighted by Gasteiger charge is 2.13. The van der Waals surface area contributed by atoms with Gasteiger partial charge in [0.15, 0.2) is 5.58 Å². The highest BCUT2D eigenvalue weighted by atomic mass is 35.5. The first kappa shape index (κ1) is 13.1. The van der Waals surface area contributed by atoms with Crippen molar-refractivity contribution in [1.29, 1.82) is 0 Å². The number of rotatable bonds is 2. The first-order chi connectivity index (χ1) is 9.45. The van der Waals surface area contributed by atoms with Crippen LogP contribution in [0.4, 0.5) is 0 Å². The van der Waals surface area contributed by atoms with E-state index in [2.05, 4.69) is 4.98 Å². The number of nitrogens with two attached hydrogens (primary N) is 1. The minimum atomic E-state index is -3.75. The van der Waals surface area contributed by atoms with Crippen LogP contribution in [0.1, 0.15) is 0 Å². The maximum absolute atomic E-state index is 11.4. The number of benzene rings is 1. The molecule has 0 unspecified atom stereocenters. The fourth-order valence-corrected chi connectivity index (χ4v) is 2.64. The van der Waals surface area contributed by atoms with Crippen LogP contribution in [0.5, 0.6) is 0 Å². The average Bonchev–Trinajstić information content (AvgIpc) is 2.80. The van der Waals surface area contributed by atoms with Gasteiger partial charge in [-0.2, -0.15) is 0 Å². The number of hydrogen-bond donors (Lipinski definition) is 1. The third-order valence-electron chi connectivity index (χ3n) is 2.85. The molecule has 0 fully saturated rings. The molecular weight excluding hydrogens is 300 g/mol. The van der Waals surface area contributed by atoms with Gasteiger partial charge in [0.05, 0.1) is 9.92 Å². The van der Waals surface area contributed by atoms with Gasteiger partial charge in [-0.25, -0.2) is 13.6 Å². The molecule has 0 aliphatic rings. The quantitative estimate of drug-likeness (QED) is 0.788. The molecule has 0 atom stereocenters. The Morgan fingerprint density at radius 1 is 1.25 bits per heavy atom. The number of aromatic nitrogens is 1. The zero-order valence-corrected chi connectivity index (χ0v) is 11.6. The van der Waals surface area contributed by atoms with E-state index in [1.807, 2.05) is 0 Å². The normalized spacial score (nSPS) is 11.9. The molecule has 0 aliphatic heterocycles. The van der Waals surface area contributed by atoms with Crippen LogP contribution in [0.3, 0.4) is 0 Å². The van der Waals surface area contributed by atoms with Gasteiger partial charge >= 0.3 is 0 Å². The molecule has 0 radical (unpaired) electrons.